The van der Waals surface area contributed by atoms with Gasteiger partial charge in [0.25, 0.3) is 0 Å². The van der Waals surface area contributed by atoms with Crippen molar-refractivity contribution in [3.05, 3.63) is 29.8 Å². The van der Waals surface area contributed by atoms with E-state index >= 15 is 0 Å². The quantitative estimate of drug-likeness (QED) is 0.721. The highest BCUT2D eigenvalue weighted by Gasteiger charge is 2.24. The van der Waals surface area contributed by atoms with Crippen molar-refractivity contribution in [1.82, 2.24) is 0 Å². The van der Waals surface area contributed by atoms with Crippen LogP contribution in [0.1, 0.15) is 5.56 Å². The molecule has 0 saturated carbocycles. The maximum Gasteiger partial charge on any atom is 0.122 e. The summed E-state index contributed by atoms with van der Waals surface area (Å²) in [5, 5.41) is 9.60. The molecule has 0 fully saturated rings. The molecule has 2 rings (SSSR count). The van der Waals surface area contributed by atoms with Gasteiger partial charge in [0.05, 0.1) is 12.7 Å². The van der Waals surface area contributed by atoms with Crippen LogP contribution < -0.4 is 10.5 Å². The minimum atomic E-state index is -0.455. The molecule has 0 amide bonds. The van der Waals surface area contributed by atoms with Crippen molar-refractivity contribution in [1.29, 1.82) is 0 Å². The Balaban J connectivity index is 2.13. The van der Waals surface area contributed by atoms with Crippen LogP contribution in [0, 0.1) is 5.92 Å². The molecule has 0 bridgehead atoms. The molecule has 0 aromatic heterocycles. The van der Waals surface area contributed by atoms with Crippen LogP contribution >= 0.6 is 0 Å². The van der Waals surface area contributed by atoms with Crippen LogP contribution in [0.4, 0.5) is 0 Å². The van der Waals surface area contributed by atoms with Gasteiger partial charge in [0, 0.05) is 12.5 Å². The van der Waals surface area contributed by atoms with E-state index in [-0.39, 0.29) is 5.92 Å². The molecule has 3 heteroatoms. The van der Waals surface area contributed by atoms with Gasteiger partial charge in [-0.05, 0) is 18.1 Å². The predicted molar refractivity (Wildman–Crippen MR) is 54.2 cm³/mol. The second-order valence-electron chi connectivity index (χ2n) is 3.69. The number of ether oxygens (including phenoxy) is 1. The number of nitrogens with two attached hydrogens (primary N) is 1. The molecular weight excluding hydrogens is 178 g/mol. The Kier molecular flexibility index (Phi) is 2.70. The average Bonchev–Trinajstić information content (AvgIpc) is 2.27. The van der Waals surface area contributed by atoms with E-state index in [2.05, 4.69) is 0 Å². The van der Waals surface area contributed by atoms with Gasteiger partial charge in [-0.3, -0.25) is 0 Å². The maximum atomic E-state index is 9.60. The summed E-state index contributed by atoms with van der Waals surface area (Å²) in [5.74, 6) is 1.07. The molecule has 0 saturated heterocycles. The molecule has 1 aromatic carbocycles. The predicted octanol–water partition coefficient (Wildman–Crippen LogP) is 0.557. The molecule has 1 unspecified atom stereocenters. The summed E-state index contributed by atoms with van der Waals surface area (Å²) in [5.41, 5.74) is 6.58. The SMILES string of the molecule is NC[C@@H](O)C1COc2ccccc2C1. The van der Waals surface area contributed by atoms with Gasteiger partial charge in [0.15, 0.2) is 0 Å². The van der Waals surface area contributed by atoms with Gasteiger partial charge in [-0.15, -0.1) is 0 Å². The fourth-order valence-electron chi connectivity index (χ4n) is 1.79. The lowest BCUT2D eigenvalue weighted by Gasteiger charge is -2.28. The molecule has 1 aromatic rings. The van der Waals surface area contributed by atoms with Crippen LogP contribution in [0.2, 0.25) is 0 Å². The van der Waals surface area contributed by atoms with Crippen molar-refractivity contribution < 1.29 is 9.84 Å². The topological polar surface area (TPSA) is 55.5 Å². The Morgan fingerprint density at radius 1 is 1.50 bits per heavy atom. The number of hydrogen-bond donors (Lipinski definition) is 2. The Morgan fingerprint density at radius 3 is 3.07 bits per heavy atom. The van der Waals surface area contributed by atoms with E-state index < -0.39 is 6.10 Å². The lowest BCUT2D eigenvalue weighted by atomic mass is 9.92. The largest absolute Gasteiger partial charge is 0.493 e. The lowest BCUT2D eigenvalue weighted by molar-refractivity contribution is 0.0711. The number of fused-ring (bicyclic) bond motifs is 1. The Morgan fingerprint density at radius 2 is 2.29 bits per heavy atom. The highest BCUT2D eigenvalue weighted by Crippen LogP contribution is 2.27. The molecule has 0 aliphatic carbocycles. The first-order valence-electron chi connectivity index (χ1n) is 4.90. The second-order valence-corrected chi connectivity index (χ2v) is 3.69. The summed E-state index contributed by atoms with van der Waals surface area (Å²) in [6, 6.07) is 7.93. The minimum absolute atomic E-state index is 0.134. The molecule has 3 N–H and O–H groups in total. The first-order chi connectivity index (χ1) is 6.81. The van der Waals surface area contributed by atoms with E-state index in [9.17, 15) is 5.11 Å². The zero-order valence-electron chi connectivity index (χ0n) is 8.02. The molecule has 2 atom stereocenters. The third kappa shape index (κ3) is 1.74. The lowest BCUT2D eigenvalue weighted by Crippen LogP contribution is -2.36. The minimum Gasteiger partial charge on any atom is -0.493 e. The summed E-state index contributed by atoms with van der Waals surface area (Å²) in [7, 11) is 0. The zero-order chi connectivity index (χ0) is 9.97. The standard InChI is InChI=1S/C11H15NO2/c12-6-10(13)9-5-8-3-1-2-4-11(8)14-7-9/h1-4,9-10,13H,5-7,12H2/t9?,10-/m1/s1. The van der Waals surface area contributed by atoms with Crippen molar-refractivity contribution >= 4 is 0 Å². The summed E-state index contributed by atoms with van der Waals surface area (Å²) in [6.45, 7) is 0.867. The summed E-state index contributed by atoms with van der Waals surface area (Å²) < 4.78 is 5.54. The molecule has 0 spiro atoms. The van der Waals surface area contributed by atoms with Crippen LogP contribution in [0.5, 0.6) is 5.75 Å². The van der Waals surface area contributed by atoms with Gasteiger partial charge < -0.3 is 15.6 Å². The van der Waals surface area contributed by atoms with Crippen molar-refractivity contribution in [2.24, 2.45) is 11.7 Å². The molecule has 14 heavy (non-hydrogen) atoms. The number of benzene rings is 1. The third-order valence-electron chi connectivity index (χ3n) is 2.69. The number of para-hydroxylation sites is 1. The summed E-state index contributed by atoms with van der Waals surface area (Å²) >= 11 is 0. The van der Waals surface area contributed by atoms with Gasteiger partial charge in [-0.25, -0.2) is 0 Å². The fourth-order valence-corrected chi connectivity index (χ4v) is 1.79. The third-order valence-corrected chi connectivity index (χ3v) is 2.69. The fraction of sp³-hybridized carbons (Fsp3) is 0.455. The molecule has 76 valence electrons. The van der Waals surface area contributed by atoms with Crippen LogP contribution in [-0.2, 0) is 6.42 Å². The first-order valence-corrected chi connectivity index (χ1v) is 4.90. The Labute approximate surface area is 83.5 Å². The molecule has 0 radical (unpaired) electrons. The first kappa shape index (κ1) is 9.49. The second kappa shape index (κ2) is 3.98. The van der Waals surface area contributed by atoms with Crippen LogP contribution in [-0.4, -0.2) is 24.4 Å². The Bertz CT molecular complexity index is 314. The van der Waals surface area contributed by atoms with E-state index in [0.717, 1.165) is 17.7 Å². The smallest absolute Gasteiger partial charge is 0.122 e. The average molecular weight is 193 g/mol. The van der Waals surface area contributed by atoms with Crippen LogP contribution in [0.3, 0.4) is 0 Å². The van der Waals surface area contributed by atoms with E-state index in [1.54, 1.807) is 0 Å². The van der Waals surface area contributed by atoms with E-state index in [4.69, 9.17) is 10.5 Å². The van der Waals surface area contributed by atoms with Gasteiger partial charge >= 0.3 is 0 Å². The van der Waals surface area contributed by atoms with E-state index in [1.165, 1.54) is 0 Å². The van der Waals surface area contributed by atoms with Crippen molar-refractivity contribution in [3.63, 3.8) is 0 Å². The van der Waals surface area contributed by atoms with Gasteiger partial charge in [-0.1, -0.05) is 18.2 Å². The normalized spacial score (nSPS) is 22.3. The van der Waals surface area contributed by atoms with Gasteiger partial charge in [-0.2, -0.15) is 0 Å². The van der Waals surface area contributed by atoms with Crippen LogP contribution in [0.25, 0.3) is 0 Å². The van der Waals surface area contributed by atoms with Crippen molar-refractivity contribution in [3.8, 4) is 5.75 Å². The highest BCUT2D eigenvalue weighted by molar-refractivity contribution is 5.35. The summed E-state index contributed by atoms with van der Waals surface area (Å²) in [4.78, 5) is 0. The number of aliphatic hydroxyl groups excluding tert-OH is 1. The number of aliphatic hydroxyl groups is 1. The maximum absolute atomic E-state index is 9.60. The van der Waals surface area contributed by atoms with E-state index in [1.807, 2.05) is 24.3 Å². The highest BCUT2D eigenvalue weighted by atomic mass is 16.5. The van der Waals surface area contributed by atoms with Crippen LogP contribution in [0.15, 0.2) is 24.3 Å². The monoisotopic (exact) mass is 193 g/mol. The van der Waals surface area contributed by atoms with Gasteiger partial charge in [0.2, 0.25) is 0 Å². The Hall–Kier alpha value is -1.06. The molecule has 1 aliphatic heterocycles. The molecule has 1 heterocycles. The summed E-state index contributed by atoms with van der Waals surface area (Å²) in [6.07, 6.45) is 0.400. The van der Waals surface area contributed by atoms with Crippen molar-refractivity contribution in [2.45, 2.75) is 12.5 Å². The number of rotatable bonds is 2. The van der Waals surface area contributed by atoms with Crippen molar-refractivity contribution in [2.75, 3.05) is 13.2 Å². The molecular formula is C11H15NO2. The molecule has 1 aliphatic rings. The number of hydrogen-bond acceptors (Lipinski definition) is 3. The van der Waals surface area contributed by atoms with Gasteiger partial charge in [0.1, 0.15) is 5.75 Å². The zero-order valence-corrected chi connectivity index (χ0v) is 8.02. The van der Waals surface area contributed by atoms with E-state index in [0.29, 0.717) is 13.2 Å². The molecule has 3 nitrogen and oxygen atoms in total.